The SMILES string of the molecule is Cc1cc(C)cc(OCc2cc(F)cc(C#CCO)c2)c1. The Labute approximate surface area is 124 Å². The van der Waals surface area contributed by atoms with Gasteiger partial charge in [-0.05, 0) is 60.9 Å². The third-order valence-electron chi connectivity index (χ3n) is 2.87. The molecule has 0 radical (unpaired) electrons. The molecule has 108 valence electrons. The Morgan fingerprint density at radius 2 is 1.76 bits per heavy atom. The van der Waals surface area contributed by atoms with E-state index in [1.807, 2.05) is 26.0 Å². The number of hydrogen-bond donors (Lipinski definition) is 1. The van der Waals surface area contributed by atoms with Gasteiger partial charge in [-0.15, -0.1) is 0 Å². The summed E-state index contributed by atoms with van der Waals surface area (Å²) in [7, 11) is 0. The zero-order valence-electron chi connectivity index (χ0n) is 12.1. The number of hydrogen-bond acceptors (Lipinski definition) is 2. The van der Waals surface area contributed by atoms with E-state index >= 15 is 0 Å². The minimum Gasteiger partial charge on any atom is -0.489 e. The van der Waals surface area contributed by atoms with Crippen LogP contribution in [-0.2, 0) is 6.61 Å². The molecule has 3 heteroatoms. The van der Waals surface area contributed by atoms with Crippen LogP contribution in [0.1, 0.15) is 22.3 Å². The average Bonchev–Trinajstić information content (AvgIpc) is 2.41. The largest absolute Gasteiger partial charge is 0.489 e. The van der Waals surface area contributed by atoms with Gasteiger partial charge in [-0.2, -0.15) is 0 Å². The van der Waals surface area contributed by atoms with Crippen molar-refractivity contribution < 1.29 is 14.2 Å². The summed E-state index contributed by atoms with van der Waals surface area (Å²) < 4.78 is 19.2. The first-order chi connectivity index (χ1) is 10.1. The first-order valence-electron chi connectivity index (χ1n) is 6.67. The maximum absolute atomic E-state index is 13.5. The highest BCUT2D eigenvalue weighted by Gasteiger charge is 2.02. The van der Waals surface area contributed by atoms with Gasteiger partial charge in [0, 0.05) is 5.56 Å². The summed E-state index contributed by atoms with van der Waals surface area (Å²) in [4.78, 5) is 0. The Morgan fingerprint density at radius 3 is 2.43 bits per heavy atom. The summed E-state index contributed by atoms with van der Waals surface area (Å²) in [6.07, 6.45) is 0. The van der Waals surface area contributed by atoms with Crippen LogP contribution in [0.5, 0.6) is 5.75 Å². The van der Waals surface area contributed by atoms with Gasteiger partial charge < -0.3 is 9.84 Å². The van der Waals surface area contributed by atoms with E-state index in [9.17, 15) is 4.39 Å². The van der Waals surface area contributed by atoms with Crippen molar-refractivity contribution in [2.75, 3.05) is 6.61 Å². The Kier molecular flexibility index (Phi) is 4.97. The lowest BCUT2D eigenvalue weighted by atomic mass is 10.1. The number of ether oxygens (including phenoxy) is 1. The van der Waals surface area contributed by atoms with E-state index in [1.165, 1.54) is 12.1 Å². The molecule has 0 aliphatic heterocycles. The van der Waals surface area contributed by atoms with Crippen molar-refractivity contribution in [3.8, 4) is 17.6 Å². The van der Waals surface area contributed by atoms with Crippen LogP contribution in [0.4, 0.5) is 4.39 Å². The zero-order valence-corrected chi connectivity index (χ0v) is 12.1. The topological polar surface area (TPSA) is 29.5 Å². The van der Waals surface area contributed by atoms with Crippen molar-refractivity contribution in [1.29, 1.82) is 0 Å². The Balaban J connectivity index is 2.14. The molecule has 2 aromatic carbocycles. The molecular formula is C18H17FO2. The third-order valence-corrected chi connectivity index (χ3v) is 2.87. The Bertz CT molecular complexity index is 676. The molecule has 2 nitrogen and oxygen atoms in total. The minimum absolute atomic E-state index is 0.245. The molecule has 0 aliphatic carbocycles. The van der Waals surface area contributed by atoms with Crippen LogP contribution in [0.15, 0.2) is 36.4 Å². The molecule has 0 fully saturated rings. The highest BCUT2D eigenvalue weighted by molar-refractivity contribution is 5.38. The number of aliphatic hydroxyl groups is 1. The fourth-order valence-electron chi connectivity index (χ4n) is 2.13. The summed E-state index contributed by atoms with van der Waals surface area (Å²) in [6.45, 7) is 4.04. The van der Waals surface area contributed by atoms with Gasteiger partial charge in [0.1, 0.15) is 24.8 Å². The molecule has 0 saturated heterocycles. The molecule has 0 saturated carbocycles. The molecule has 0 aliphatic rings. The third kappa shape index (κ3) is 4.62. The number of halogens is 1. The van der Waals surface area contributed by atoms with E-state index in [2.05, 4.69) is 17.9 Å². The van der Waals surface area contributed by atoms with Crippen LogP contribution in [0.25, 0.3) is 0 Å². The standard InChI is InChI=1S/C18H17FO2/c1-13-6-14(2)8-18(7-13)21-12-16-9-15(4-3-5-20)10-17(19)11-16/h6-11,20H,5,12H2,1-2H3. The summed E-state index contributed by atoms with van der Waals surface area (Å²) in [5.74, 6) is 5.60. The molecule has 21 heavy (non-hydrogen) atoms. The van der Waals surface area contributed by atoms with Gasteiger partial charge in [0.05, 0.1) is 0 Å². The number of benzene rings is 2. The van der Waals surface area contributed by atoms with Gasteiger partial charge in [0.2, 0.25) is 0 Å². The molecule has 2 rings (SSSR count). The van der Waals surface area contributed by atoms with E-state index in [-0.39, 0.29) is 19.0 Å². The van der Waals surface area contributed by atoms with Crippen molar-refractivity contribution in [2.24, 2.45) is 0 Å². The van der Waals surface area contributed by atoms with Crippen molar-refractivity contribution >= 4 is 0 Å². The summed E-state index contributed by atoms with van der Waals surface area (Å²) in [6, 6.07) is 10.5. The first-order valence-corrected chi connectivity index (χ1v) is 6.67. The van der Waals surface area contributed by atoms with E-state index in [4.69, 9.17) is 9.84 Å². The van der Waals surface area contributed by atoms with Gasteiger partial charge in [0.25, 0.3) is 0 Å². The molecule has 0 amide bonds. The monoisotopic (exact) mass is 284 g/mol. The number of aliphatic hydroxyl groups excluding tert-OH is 1. The van der Waals surface area contributed by atoms with Crippen LogP contribution in [-0.4, -0.2) is 11.7 Å². The van der Waals surface area contributed by atoms with Crippen molar-refractivity contribution in [1.82, 2.24) is 0 Å². The number of rotatable bonds is 3. The molecule has 0 spiro atoms. The van der Waals surface area contributed by atoms with Gasteiger partial charge in [-0.25, -0.2) is 4.39 Å². The fourth-order valence-corrected chi connectivity index (χ4v) is 2.13. The number of aryl methyl sites for hydroxylation is 2. The maximum atomic E-state index is 13.5. The maximum Gasteiger partial charge on any atom is 0.124 e. The normalized spacial score (nSPS) is 9.90. The lowest BCUT2D eigenvalue weighted by Gasteiger charge is -2.09. The Hall–Kier alpha value is -2.31. The molecule has 0 aromatic heterocycles. The quantitative estimate of drug-likeness (QED) is 0.876. The van der Waals surface area contributed by atoms with E-state index < -0.39 is 0 Å². The predicted molar refractivity (Wildman–Crippen MR) is 80.6 cm³/mol. The van der Waals surface area contributed by atoms with Gasteiger partial charge in [-0.1, -0.05) is 17.9 Å². The average molecular weight is 284 g/mol. The highest BCUT2D eigenvalue weighted by Crippen LogP contribution is 2.18. The van der Waals surface area contributed by atoms with Crippen molar-refractivity contribution in [2.45, 2.75) is 20.5 Å². The second-order valence-corrected chi connectivity index (χ2v) is 4.92. The van der Waals surface area contributed by atoms with Crippen molar-refractivity contribution in [3.63, 3.8) is 0 Å². The molecule has 1 N–H and O–H groups in total. The van der Waals surface area contributed by atoms with E-state index in [1.54, 1.807) is 6.07 Å². The lowest BCUT2D eigenvalue weighted by molar-refractivity contribution is 0.305. The zero-order chi connectivity index (χ0) is 15.2. The molecular weight excluding hydrogens is 267 g/mol. The van der Waals surface area contributed by atoms with Crippen LogP contribution in [0.2, 0.25) is 0 Å². The minimum atomic E-state index is -0.362. The summed E-state index contributed by atoms with van der Waals surface area (Å²) in [5.41, 5.74) is 3.48. The van der Waals surface area contributed by atoms with Crippen LogP contribution < -0.4 is 4.74 Å². The predicted octanol–water partition coefficient (Wildman–Crippen LogP) is 3.37. The smallest absolute Gasteiger partial charge is 0.124 e. The summed E-state index contributed by atoms with van der Waals surface area (Å²) >= 11 is 0. The second kappa shape index (κ2) is 6.92. The lowest BCUT2D eigenvalue weighted by Crippen LogP contribution is -1.98. The molecule has 0 unspecified atom stereocenters. The van der Waals surface area contributed by atoms with Crippen LogP contribution in [0, 0.1) is 31.5 Å². The van der Waals surface area contributed by atoms with Gasteiger partial charge >= 0.3 is 0 Å². The molecule has 0 heterocycles. The van der Waals surface area contributed by atoms with Crippen molar-refractivity contribution in [3.05, 3.63) is 64.5 Å². The molecule has 2 aromatic rings. The van der Waals surface area contributed by atoms with Gasteiger partial charge in [0.15, 0.2) is 0 Å². The molecule has 0 atom stereocenters. The fraction of sp³-hybridized carbons (Fsp3) is 0.222. The van der Waals surface area contributed by atoms with E-state index in [0.29, 0.717) is 11.1 Å². The second-order valence-electron chi connectivity index (χ2n) is 4.92. The Morgan fingerprint density at radius 1 is 1.05 bits per heavy atom. The highest BCUT2D eigenvalue weighted by atomic mass is 19.1. The molecule has 0 bridgehead atoms. The summed E-state index contributed by atoms with van der Waals surface area (Å²) in [5, 5.41) is 8.68. The van der Waals surface area contributed by atoms with Crippen LogP contribution in [0.3, 0.4) is 0 Å². The van der Waals surface area contributed by atoms with Gasteiger partial charge in [-0.3, -0.25) is 0 Å². The van der Waals surface area contributed by atoms with Crippen LogP contribution >= 0.6 is 0 Å². The first kappa shape index (κ1) is 15.1. The van der Waals surface area contributed by atoms with E-state index in [0.717, 1.165) is 16.9 Å².